The molecule has 6 rings (SSSR count). The maximum atomic E-state index is 13.0. The summed E-state index contributed by atoms with van der Waals surface area (Å²) in [6.45, 7) is 3.51. The molecule has 1 saturated heterocycles. The van der Waals surface area contributed by atoms with Crippen LogP contribution in [0.15, 0.2) is 30.3 Å². The van der Waals surface area contributed by atoms with Gasteiger partial charge in [-0.1, -0.05) is 30.3 Å². The molecule has 1 aromatic rings. The van der Waals surface area contributed by atoms with Crippen LogP contribution in [0.4, 0.5) is 0 Å². The van der Waals surface area contributed by atoms with Crippen molar-refractivity contribution < 1.29 is 9.59 Å². The van der Waals surface area contributed by atoms with Crippen LogP contribution in [-0.2, 0) is 16.0 Å². The minimum atomic E-state index is -0.186. The third-order valence-electron chi connectivity index (χ3n) is 8.46. The Balaban J connectivity index is 1.17. The van der Waals surface area contributed by atoms with E-state index in [-0.39, 0.29) is 23.8 Å². The highest BCUT2D eigenvalue weighted by Gasteiger charge is 2.53. The lowest BCUT2D eigenvalue weighted by Crippen LogP contribution is -2.56. The Morgan fingerprint density at radius 2 is 1.72 bits per heavy atom. The van der Waals surface area contributed by atoms with Crippen molar-refractivity contribution in [1.82, 2.24) is 10.2 Å². The van der Waals surface area contributed by atoms with Crippen LogP contribution in [0.25, 0.3) is 0 Å². The maximum absolute atomic E-state index is 13.0. The van der Waals surface area contributed by atoms with Gasteiger partial charge in [-0.05, 0) is 80.6 Å². The molecule has 0 spiro atoms. The smallest absolute Gasteiger partial charge is 0.225 e. The fraction of sp³-hybridized carbons (Fsp3) is 0.680. The van der Waals surface area contributed by atoms with Crippen LogP contribution >= 0.6 is 0 Å². The highest BCUT2D eigenvalue weighted by Crippen LogP contribution is 2.61. The van der Waals surface area contributed by atoms with Gasteiger partial charge in [0.05, 0.1) is 5.92 Å². The first-order valence-electron chi connectivity index (χ1n) is 11.6. The first-order valence-corrected chi connectivity index (χ1v) is 11.6. The fourth-order valence-corrected chi connectivity index (χ4v) is 7.26. The van der Waals surface area contributed by atoms with Gasteiger partial charge in [-0.2, -0.15) is 0 Å². The topological polar surface area (TPSA) is 49.4 Å². The number of rotatable bonds is 6. The zero-order chi connectivity index (χ0) is 20.0. The molecule has 1 aromatic carbocycles. The van der Waals surface area contributed by atoms with Gasteiger partial charge >= 0.3 is 0 Å². The molecule has 4 saturated carbocycles. The molecule has 0 unspecified atom stereocenters. The molecule has 0 aromatic heterocycles. The van der Waals surface area contributed by atoms with E-state index in [1.165, 1.54) is 44.1 Å². The number of carbonyl (C=O) groups is 2. The van der Waals surface area contributed by atoms with E-state index in [2.05, 4.69) is 24.4 Å². The molecule has 2 atom stereocenters. The van der Waals surface area contributed by atoms with Crippen molar-refractivity contribution in [2.45, 2.75) is 64.3 Å². The highest BCUT2D eigenvalue weighted by molar-refractivity contribution is 5.89. The summed E-state index contributed by atoms with van der Waals surface area (Å²) in [5, 5.41) is 3.38. The maximum Gasteiger partial charge on any atom is 0.225 e. The van der Waals surface area contributed by atoms with Gasteiger partial charge in [0.2, 0.25) is 11.8 Å². The number of benzene rings is 1. The number of amides is 2. The molecule has 156 valence electrons. The lowest BCUT2D eigenvalue weighted by atomic mass is 9.48. The number of carbonyl (C=O) groups excluding carboxylic acids is 2. The number of likely N-dealkylation sites (tertiary alicyclic amines) is 1. The molecule has 29 heavy (non-hydrogen) atoms. The average Bonchev–Trinajstić information content (AvgIpc) is 3.07. The average molecular weight is 395 g/mol. The Labute approximate surface area is 174 Å². The van der Waals surface area contributed by atoms with E-state index in [0.717, 1.165) is 24.2 Å². The standard InChI is InChI=1S/C25H34N2O2/c1-17(25-13-19-9-20(14-25)11-21(10-19)15-25)26-24(29)22-12-23(28)27(16-22)8-7-18-5-3-2-4-6-18/h2-6,17,19-22H,7-16H2,1H3,(H,26,29)/t17-,19?,20?,21?,22+,25?/m1/s1. The Morgan fingerprint density at radius 3 is 2.34 bits per heavy atom. The lowest BCUT2D eigenvalue weighted by molar-refractivity contribution is -0.131. The summed E-state index contributed by atoms with van der Waals surface area (Å²) in [6.07, 6.45) is 9.39. The van der Waals surface area contributed by atoms with Gasteiger partial charge in [-0.15, -0.1) is 0 Å². The molecule has 4 nitrogen and oxygen atoms in total. The SMILES string of the molecule is C[C@@H](NC(=O)[C@H]1CC(=O)N(CCc2ccccc2)C1)C12CC3CC(CC(C3)C1)C2. The van der Waals surface area contributed by atoms with Crippen LogP contribution in [0.3, 0.4) is 0 Å². The molecule has 1 heterocycles. The van der Waals surface area contributed by atoms with Gasteiger partial charge in [-0.25, -0.2) is 0 Å². The predicted octanol–water partition coefficient (Wildman–Crippen LogP) is 3.80. The van der Waals surface area contributed by atoms with E-state index in [1.54, 1.807) is 0 Å². The Bertz CT molecular complexity index is 739. The lowest BCUT2D eigenvalue weighted by Gasteiger charge is -2.59. The Morgan fingerprint density at radius 1 is 1.10 bits per heavy atom. The first-order chi connectivity index (χ1) is 14.0. The van der Waals surface area contributed by atoms with Crippen molar-refractivity contribution in [3.63, 3.8) is 0 Å². The second-order valence-electron chi connectivity index (χ2n) is 10.5. The van der Waals surface area contributed by atoms with Gasteiger partial charge in [0.15, 0.2) is 0 Å². The second-order valence-corrected chi connectivity index (χ2v) is 10.5. The molecule has 4 heteroatoms. The predicted molar refractivity (Wildman–Crippen MR) is 113 cm³/mol. The number of hydrogen-bond donors (Lipinski definition) is 1. The largest absolute Gasteiger partial charge is 0.353 e. The quantitative estimate of drug-likeness (QED) is 0.798. The van der Waals surface area contributed by atoms with Gasteiger partial charge in [0.25, 0.3) is 0 Å². The van der Waals surface area contributed by atoms with Crippen molar-refractivity contribution in [1.29, 1.82) is 0 Å². The summed E-state index contributed by atoms with van der Waals surface area (Å²) in [5.41, 5.74) is 1.56. The van der Waals surface area contributed by atoms with Crippen molar-refractivity contribution in [3.8, 4) is 0 Å². The molecule has 4 aliphatic carbocycles. The third-order valence-corrected chi connectivity index (χ3v) is 8.46. The zero-order valence-corrected chi connectivity index (χ0v) is 17.6. The Hall–Kier alpha value is -1.84. The van der Waals surface area contributed by atoms with Crippen molar-refractivity contribution in [3.05, 3.63) is 35.9 Å². The summed E-state index contributed by atoms with van der Waals surface area (Å²) in [6, 6.07) is 10.5. The van der Waals surface area contributed by atoms with E-state index in [4.69, 9.17) is 0 Å². The summed E-state index contributed by atoms with van der Waals surface area (Å²) >= 11 is 0. The molecule has 0 radical (unpaired) electrons. The van der Waals surface area contributed by atoms with E-state index in [0.29, 0.717) is 24.9 Å². The van der Waals surface area contributed by atoms with E-state index < -0.39 is 0 Å². The van der Waals surface area contributed by atoms with Crippen molar-refractivity contribution in [2.24, 2.45) is 29.1 Å². The number of nitrogens with one attached hydrogen (secondary N) is 1. The monoisotopic (exact) mass is 394 g/mol. The number of nitrogens with zero attached hydrogens (tertiary/aromatic N) is 1. The minimum Gasteiger partial charge on any atom is -0.353 e. The highest BCUT2D eigenvalue weighted by atomic mass is 16.2. The zero-order valence-electron chi connectivity index (χ0n) is 17.6. The first kappa shape index (κ1) is 19.1. The van der Waals surface area contributed by atoms with Crippen LogP contribution in [0, 0.1) is 29.1 Å². The summed E-state index contributed by atoms with van der Waals surface area (Å²) < 4.78 is 0. The van der Waals surface area contributed by atoms with Crippen LogP contribution in [0.5, 0.6) is 0 Å². The molecule has 4 bridgehead atoms. The Kier molecular flexibility index (Phi) is 4.92. The molecular formula is C25H34N2O2. The van der Waals surface area contributed by atoms with Crippen LogP contribution in [0.1, 0.15) is 57.4 Å². The summed E-state index contributed by atoms with van der Waals surface area (Å²) in [5.74, 6) is 2.72. The number of hydrogen-bond acceptors (Lipinski definition) is 2. The normalized spacial score (nSPS) is 36.4. The van der Waals surface area contributed by atoms with Crippen LogP contribution < -0.4 is 5.32 Å². The van der Waals surface area contributed by atoms with Crippen LogP contribution in [-0.4, -0.2) is 35.8 Å². The van der Waals surface area contributed by atoms with Gasteiger partial charge < -0.3 is 10.2 Å². The van der Waals surface area contributed by atoms with Crippen LogP contribution in [0.2, 0.25) is 0 Å². The van der Waals surface area contributed by atoms with Crippen molar-refractivity contribution in [2.75, 3.05) is 13.1 Å². The van der Waals surface area contributed by atoms with E-state index in [1.807, 2.05) is 23.1 Å². The molecule has 1 aliphatic heterocycles. The van der Waals surface area contributed by atoms with Crippen molar-refractivity contribution >= 4 is 11.8 Å². The molecular weight excluding hydrogens is 360 g/mol. The third kappa shape index (κ3) is 3.71. The van der Waals surface area contributed by atoms with E-state index in [9.17, 15) is 9.59 Å². The molecule has 2 amide bonds. The second kappa shape index (κ2) is 7.45. The van der Waals surface area contributed by atoms with Gasteiger partial charge in [0, 0.05) is 25.6 Å². The summed E-state index contributed by atoms with van der Waals surface area (Å²) in [7, 11) is 0. The molecule has 5 fully saturated rings. The molecule has 1 N–H and O–H groups in total. The van der Waals surface area contributed by atoms with E-state index >= 15 is 0 Å². The minimum absolute atomic E-state index is 0.101. The molecule has 5 aliphatic rings. The fourth-order valence-electron chi connectivity index (χ4n) is 7.26. The summed E-state index contributed by atoms with van der Waals surface area (Å²) in [4.78, 5) is 27.4. The van der Waals surface area contributed by atoms with Gasteiger partial charge in [0.1, 0.15) is 0 Å². The van der Waals surface area contributed by atoms with Gasteiger partial charge in [-0.3, -0.25) is 9.59 Å².